The van der Waals surface area contributed by atoms with Crippen LogP contribution in [-0.2, 0) is 24.6 Å². The van der Waals surface area contributed by atoms with Gasteiger partial charge in [0.1, 0.15) is 0 Å². The largest absolute Gasteiger partial charge is 0.464 e. The summed E-state index contributed by atoms with van der Waals surface area (Å²) in [7, 11) is 0. The van der Waals surface area contributed by atoms with Crippen molar-refractivity contribution >= 4 is 24.4 Å². The van der Waals surface area contributed by atoms with Gasteiger partial charge >= 0.3 is 11.9 Å². The molecular weight excluding hydrogens is 524 g/mol. The van der Waals surface area contributed by atoms with Crippen LogP contribution in [0.4, 0.5) is 0 Å². The number of benzene rings is 4. The molecule has 0 fully saturated rings. The topological polar surface area (TPSA) is 77.3 Å². The summed E-state index contributed by atoms with van der Waals surface area (Å²) in [4.78, 5) is 33.6. The van der Waals surface area contributed by atoms with Crippen molar-refractivity contribution in [2.75, 3.05) is 13.2 Å². The standard InChI is InChI=1S/C19H21NO2.C17H17NO2/c1-3-19(18(21)22-4-2,17-13-9-6-10-14-17)20-15-16-11-7-5-8-12-16;1-2-20-17(19)16(15-11-7-4-8-12-15)18-13-14-9-5-3-6-10-14/h5-15H,3-4H2,1-2H3;3-13,16H,2H2,1H3. The maximum atomic E-state index is 12.6. The molecule has 42 heavy (non-hydrogen) atoms. The third-order valence-corrected chi connectivity index (χ3v) is 6.41. The fraction of sp³-hybridized carbons (Fsp3) is 0.222. The monoisotopic (exact) mass is 562 g/mol. The Labute approximate surface area is 248 Å². The summed E-state index contributed by atoms with van der Waals surface area (Å²) < 4.78 is 10.4. The van der Waals surface area contributed by atoms with Crippen LogP contribution in [0.1, 0.15) is 55.5 Å². The molecule has 6 heteroatoms. The van der Waals surface area contributed by atoms with Crippen LogP contribution in [0.5, 0.6) is 0 Å². The highest BCUT2D eigenvalue weighted by Gasteiger charge is 2.39. The van der Waals surface area contributed by atoms with Crippen LogP contribution >= 0.6 is 0 Å². The molecule has 0 aliphatic rings. The van der Waals surface area contributed by atoms with Crippen molar-refractivity contribution in [1.82, 2.24) is 0 Å². The number of aliphatic imine (C=N–C) groups is 2. The van der Waals surface area contributed by atoms with E-state index in [4.69, 9.17) is 9.47 Å². The molecule has 0 aliphatic carbocycles. The number of ether oxygens (including phenoxy) is 2. The van der Waals surface area contributed by atoms with Crippen molar-refractivity contribution in [3.63, 3.8) is 0 Å². The second-order valence-electron chi connectivity index (χ2n) is 9.22. The first-order valence-corrected chi connectivity index (χ1v) is 14.2. The second kappa shape index (κ2) is 17.1. The molecule has 0 aliphatic heterocycles. The van der Waals surface area contributed by atoms with E-state index in [0.717, 1.165) is 22.3 Å². The van der Waals surface area contributed by atoms with Crippen molar-refractivity contribution in [2.24, 2.45) is 9.98 Å². The number of carbonyl (C=O) groups excluding carboxylic acids is 2. The molecule has 216 valence electrons. The first kappa shape index (κ1) is 31.7. The van der Waals surface area contributed by atoms with E-state index in [0.29, 0.717) is 19.6 Å². The average molecular weight is 563 g/mol. The number of nitrogens with zero attached hydrogens (tertiary/aromatic N) is 2. The van der Waals surface area contributed by atoms with Gasteiger partial charge in [-0.2, -0.15) is 0 Å². The summed E-state index contributed by atoms with van der Waals surface area (Å²) in [5, 5.41) is 0. The molecule has 0 N–H and O–H groups in total. The van der Waals surface area contributed by atoms with Crippen LogP contribution in [0.3, 0.4) is 0 Å². The van der Waals surface area contributed by atoms with E-state index in [1.807, 2.05) is 135 Å². The van der Waals surface area contributed by atoms with Crippen LogP contribution in [-0.4, -0.2) is 37.6 Å². The van der Waals surface area contributed by atoms with Gasteiger partial charge < -0.3 is 9.47 Å². The highest BCUT2D eigenvalue weighted by molar-refractivity contribution is 5.88. The SMILES string of the molecule is CCOC(=O)C(CC)(N=Cc1ccccc1)c1ccccc1.CCOC(=O)C(N=Cc1ccccc1)c1ccccc1. The zero-order valence-corrected chi connectivity index (χ0v) is 24.4. The lowest BCUT2D eigenvalue weighted by Crippen LogP contribution is -2.35. The first-order valence-electron chi connectivity index (χ1n) is 14.2. The molecule has 4 rings (SSSR count). The van der Waals surface area contributed by atoms with Gasteiger partial charge in [0, 0.05) is 12.4 Å². The zero-order chi connectivity index (χ0) is 30.0. The van der Waals surface area contributed by atoms with Crippen LogP contribution in [0.25, 0.3) is 0 Å². The second-order valence-corrected chi connectivity index (χ2v) is 9.22. The Hall–Kier alpha value is -4.84. The van der Waals surface area contributed by atoms with Gasteiger partial charge in [0.15, 0.2) is 11.6 Å². The predicted octanol–water partition coefficient (Wildman–Crippen LogP) is 7.38. The van der Waals surface area contributed by atoms with Gasteiger partial charge in [-0.25, -0.2) is 9.59 Å². The fourth-order valence-corrected chi connectivity index (χ4v) is 4.21. The van der Waals surface area contributed by atoms with Crippen molar-refractivity contribution in [3.8, 4) is 0 Å². The molecule has 4 aromatic carbocycles. The van der Waals surface area contributed by atoms with E-state index >= 15 is 0 Å². The number of rotatable bonds is 11. The maximum absolute atomic E-state index is 12.6. The van der Waals surface area contributed by atoms with Gasteiger partial charge in [0.05, 0.1) is 13.2 Å². The summed E-state index contributed by atoms with van der Waals surface area (Å²) in [5.41, 5.74) is 2.60. The van der Waals surface area contributed by atoms with E-state index in [2.05, 4.69) is 9.98 Å². The summed E-state index contributed by atoms with van der Waals surface area (Å²) in [6, 6.07) is 37.9. The molecule has 0 saturated carbocycles. The van der Waals surface area contributed by atoms with Gasteiger partial charge in [0.25, 0.3) is 0 Å². The quantitative estimate of drug-likeness (QED) is 0.141. The Bertz CT molecular complexity index is 1410. The van der Waals surface area contributed by atoms with Crippen molar-refractivity contribution in [3.05, 3.63) is 144 Å². The van der Waals surface area contributed by atoms with E-state index in [9.17, 15) is 9.59 Å². The average Bonchev–Trinajstić information content (AvgIpc) is 3.04. The lowest BCUT2D eigenvalue weighted by atomic mass is 9.88. The number of esters is 2. The first-order chi connectivity index (χ1) is 20.5. The summed E-state index contributed by atoms with van der Waals surface area (Å²) in [5.74, 6) is -0.637. The van der Waals surface area contributed by atoms with Gasteiger partial charge in [-0.15, -0.1) is 0 Å². The summed E-state index contributed by atoms with van der Waals surface area (Å²) >= 11 is 0. The minimum absolute atomic E-state index is 0.309. The summed E-state index contributed by atoms with van der Waals surface area (Å²) in [6.07, 6.45) is 3.99. The van der Waals surface area contributed by atoms with Crippen molar-refractivity contribution in [2.45, 2.75) is 38.8 Å². The Morgan fingerprint density at radius 1 is 0.667 bits per heavy atom. The Morgan fingerprint density at radius 3 is 1.64 bits per heavy atom. The molecule has 0 radical (unpaired) electrons. The minimum Gasteiger partial charge on any atom is -0.464 e. The van der Waals surface area contributed by atoms with Gasteiger partial charge in [-0.1, -0.05) is 128 Å². The van der Waals surface area contributed by atoms with E-state index in [-0.39, 0.29) is 11.9 Å². The number of hydrogen-bond donors (Lipinski definition) is 0. The summed E-state index contributed by atoms with van der Waals surface area (Å²) in [6.45, 7) is 6.24. The highest BCUT2D eigenvalue weighted by atomic mass is 16.5. The lowest BCUT2D eigenvalue weighted by molar-refractivity contribution is -0.150. The van der Waals surface area contributed by atoms with Crippen LogP contribution in [0.2, 0.25) is 0 Å². The lowest BCUT2D eigenvalue weighted by Gasteiger charge is -2.26. The molecule has 2 unspecified atom stereocenters. The minimum atomic E-state index is -0.993. The molecule has 0 saturated heterocycles. The molecule has 6 nitrogen and oxygen atoms in total. The Morgan fingerprint density at radius 2 is 1.14 bits per heavy atom. The molecule has 0 spiro atoms. The molecular formula is C36H38N2O4. The zero-order valence-electron chi connectivity index (χ0n) is 24.4. The maximum Gasteiger partial charge on any atom is 0.338 e. The molecule has 0 aromatic heterocycles. The van der Waals surface area contributed by atoms with E-state index in [1.54, 1.807) is 19.4 Å². The predicted molar refractivity (Wildman–Crippen MR) is 169 cm³/mol. The van der Waals surface area contributed by atoms with Crippen molar-refractivity contribution < 1.29 is 19.1 Å². The molecule has 0 bridgehead atoms. The normalized spacial score (nSPS) is 13.0. The van der Waals surface area contributed by atoms with Gasteiger partial charge in [-0.3, -0.25) is 9.98 Å². The number of carbonyl (C=O) groups is 2. The van der Waals surface area contributed by atoms with E-state index in [1.165, 1.54) is 0 Å². The molecule has 0 heterocycles. The van der Waals surface area contributed by atoms with E-state index < -0.39 is 11.6 Å². The van der Waals surface area contributed by atoms with Crippen LogP contribution < -0.4 is 0 Å². The third-order valence-electron chi connectivity index (χ3n) is 6.41. The highest BCUT2D eigenvalue weighted by Crippen LogP contribution is 2.31. The van der Waals surface area contributed by atoms with Gasteiger partial charge in [0.2, 0.25) is 0 Å². The number of hydrogen-bond acceptors (Lipinski definition) is 6. The van der Waals surface area contributed by atoms with Crippen LogP contribution in [0, 0.1) is 0 Å². The Kier molecular flexibility index (Phi) is 12.9. The third kappa shape index (κ3) is 9.10. The van der Waals surface area contributed by atoms with Crippen LogP contribution in [0.15, 0.2) is 131 Å². The molecule has 2 atom stereocenters. The molecule has 4 aromatic rings. The molecule has 0 amide bonds. The smallest absolute Gasteiger partial charge is 0.338 e. The fourth-order valence-electron chi connectivity index (χ4n) is 4.21. The Balaban J connectivity index is 0.000000231. The van der Waals surface area contributed by atoms with Crippen molar-refractivity contribution in [1.29, 1.82) is 0 Å². The van der Waals surface area contributed by atoms with Gasteiger partial charge in [-0.05, 0) is 42.5 Å².